The van der Waals surface area contributed by atoms with Crippen LogP contribution >= 0.6 is 0 Å². The van der Waals surface area contributed by atoms with Crippen LogP contribution in [0.5, 0.6) is 0 Å². The van der Waals surface area contributed by atoms with Crippen LogP contribution in [0.15, 0.2) is 41.3 Å². The maximum Gasteiger partial charge on any atom is 0.358 e. The number of rotatable bonds is 9. The van der Waals surface area contributed by atoms with Crippen LogP contribution in [0.25, 0.3) is 6.08 Å². The molecule has 0 saturated carbocycles. The van der Waals surface area contributed by atoms with E-state index in [2.05, 4.69) is 56.7 Å². The van der Waals surface area contributed by atoms with Crippen molar-refractivity contribution in [3.05, 3.63) is 52.7 Å². The highest BCUT2D eigenvalue weighted by Crippen LogP contribution is 2.40. The van der Waals surface area contributed by atoms with Gasteiger partial charge in [-0.15, -0.1) is 0 Å². The molecule has 0 fully saturated rings. The van der Waals surface area contributed by atoms with Crippen molar-refractivity contribution in [2.75, 3.05) is 6.61 Å². The molecular weight excluding hydrogens is 360 g/mol. The van der Waals surface area contributed by atoms with Crippen LogP contribution in [-0.4, -0.2) is 22.5 Å². The first-order chi connectivity index (χ1) is 13.8. The fourth-order valence-corrected chi connectivity index (χ4v) is 3.79. The molecule has 0 radical (unpaired) electrons. The van der Waals surface area contributed by atoms with Gasteiger partial charge in [0.05, 0.1) is 24.7 Å². The normalized spacial score (nSPS) is 17.1. The molecule has 0 aromatic carbocycles. The predicted octanol–water partition coefficient (Wildman–Crippen LogP) is 6.70. The summed E-state index contributed by atoms with van der Waals surface area (Å²) in [4.78, 5) is 20.6. The molecule has 158 valence electrons. The SMILES string of the molecule is CCCCCCOC(=O)c1cnc(/C=C(C)/C=C/C2=C(C)CCCC2(C)C)cn1. The highest BCUT2D eigenvalue weighted by atomic mass is 16.5. The summed E-state index contributed by atoms with van der Waals surface area (Å²) in [6, 6.07) is 0. The molecule has 1 aliphatic carbocycles. The lowest BCUT2D eigenvalue weighted by atomic mass is 9.72. The molecule has 0 atom stereocenters. The van der Waals surface area contributed by atoms with Gasteiger partial charge < -0.3 is 4.74 Å². The van der Waals surface area contributed by atoms with Crippen molar-refractivity contribution in [3.63, 3.8) is 0 Å². The average molecular weight is 397 g/mol. The van der Waals surface area contributed by atoms with Crippen LogP contribution in [0, 0.1) is 5.41 Å². The molecule has 1 aromatic rings. The van der Waals surface area contributed by atoms with Crippen LogP contribution in [0.2, 0.25) is 0 Å². The molecule has 0 bridgehead atoms. The molecule has 4 heteroatoms. The van der Waals surface area contributed by atoms with Crippen molar-refractivity contribution in [1.82, 2.24) is 9.97 Å². The molecule has 1 aliphatic rings. The number of unbranched alkanes of at least 4 members (excludes halogenated alkanes) is 3. The summed E-state index contributed by atoms with van der Waals surface area (Å²) in [5.74, 6) is -0.400. The molecule has 0 aliphatic heterocycles. The van der Waals surface area contributed by atoms with Crippen LogP contribution in [-0.2, 0) is 4.74 Å². The number of nitrogens with zero attached hydrogens (tertiary/aromatic N) is 2. The van der Waals surface area contributed by atoms with Gasteiger partial charge in [0, 0.05) is 0 Å². The summed E-state index contributed by atoms with van der Waals surface area (Å²) in [6.45, 7) is 11.5. The molecule has 0 saturated heterocycles. The van der Waals surface area contributed by atoms with E-state index in [1.54, 1.807) is 6.20 Å². The van der Waals surface area contributed by atoms with Gasteiger partial charge in [-0.25, -0.2) is 9.78 Å². The smallest absolute Gasteiger partial charge is 0.358 e. The van der Waals surface area contributed by atoms with Gasteiger partial charge in [0.1, 0.15) is 0 Å². The zero-order valence-corrected chi connectivity index (χ0v) is 18.8. The average Bonchev–Trinajstić information content (AvgIpc) is 2.67. The molecular formula is C25H36N2O2. The lowest BCUT2D eigenvalue weighted by molar-refractivity contribution is 0.0490. The molecule has 4 nitrogen and oxygen atoms in total. The third-order valence-corrected chi connectivity index (χ3v) is 5.54. The first-order valence-corrected chi connectivity index (χ1v) is 10.9. The van der Waals surface area contributed by atoms with Gasteiger partial charge in [0.25, 0.3) is 0 Å². The Labute approximate surface area is 176 Å². The van der Waals surface area contributed by atoms with Gasteiger partial charge in [0.15, 0.2) is 5.69 Å². The fourth-order valence-electron chi connectivity index (χ4n) is 3.79. The number of hydrogen-bond acceptors (Lipinski definition) is 4. The number of carbonyl (C=O) groups is 1. The summed E-state index contributed by atoms with van der Waals surface area (Å²) in [7, 11) is 0. The Bertz CT molecular complexity index is 771. The lowest BCUT2D eigenvalue weighted by Crippen LogP contribution is -2.19. The Morgan fingerprint density at radius 1 is 1.21 bits per heavy atom. The minimum Gasteiger partial charge on any atom is -0.461 e. The van der Waals surface area contributed by atoms with Crippen molar-refractivity contribution in [1.29, 1.82) is 0 Å². The van der Waals surface area contributed by atoms with Gasteiger partial charge in [-0.3, -0.25) is 4.98 Å². The van der Waals surface area contributed by atoms with Crippen LogP contribution in [0.4, 0.5) is 0 Å². The molecule has 2 rings (SSSR count). The summed E-state index contributed by atoms with van der Waals surface area (Å²) >= 11 is 0. The summed E-state index contributed by atoms with van der Waals surface area (Å²) < 4.78 is 5.26. The standard InChI is InChI=1S/C25H36N2O2/c1-6-7-8-9-15-29-24(28)23-18-26-21(17-27-23)16-19(2)12-13-22-20(3)11-10-14-25(22,4)5/h12-13,16-18H,6-11,14-15H2,1-5H3/b13-12+,19-16+. The van der Waals surface area contributed by atoms with Crippen LogP contribution in [0.1, 0.15) is 95.7 Å². The van der Waals surface area contributed by atoms with Gasteiger partial charge in [-0.05, 0) is 62.2 Å². The highest BCUT2D eigenvalue weighted by Gasteiger charge is 2.26. The van der Waals surface area contributed by atoms with Gasteiger partial charge in [-0.1, -0.05) is 57.8 Å². The highest BCUT2D eigenvalue weighted by molar-refractivity contribution is 5.86. The van der Waals surface area contributed by atoms with E-state index >= 15 is 0 Å². The van der Waals surface area contributed by atoms with E-state index in [1.165, 1.54) is 43.0 Å². The van der Waals surface area contributed by atoms with E-state index < -0.39 is 5.97 Å². The van der Waals surface area contributed by atoms with Crippen molar-refractivity contribution in [2.24, 2.45) is 5.41 Å². The van der Waals surface area contributed by atoms with E-state index in [9.17, 15) is 4.79 Å². The zero-order chi connectivity index (χ0) is 21.3. The quantitative estimate of drug-likeness (QED) is 0.265. The van der Waals surface area contributed by atoms with Crippen molar-refractivity contribution < 1.29 is 9.53 Å². The van der Waals surface area contributed by atoms with E-state index in [1.807, 2.05) is 6.08 Å². The van der Waals surface area contributed by atoms with Crippen molar-refractivity contribution in [3.8, 4) is 0 Å². The van der Waals surface area contributed by atoms with Crippen molar-refractivity contribution in [2.45, 2.75) is 79.6 Å². The number of esters is 1. The van der Waals surface area contributed by atoms with Gasteiger partial charge >= 0.3 is 5.97 Å². The second-order valence-electron chi connectivity index (χ2n) is 8.68. The Balaban J connectivity index is 1.95. The molecule has 0 unspecified atom stereocenters. The maximum absolute atomic E-state index is 12.0. The predicted molar refractivity (Wildman–Crippen MR) is 120 cm³/mol. The summed E-state index contributed by atoms with van der Waals surface area (Å²) in [6.07, 6.45) is 17.5. The molecule has 29 heavy (non-hydrogen) atoms. The monoisotopic (exact) mass is 396 g/mol. The number of hydrogen-bond donors (Lipinski definition) is 0. The second kappa shape index (κ2) is 11.1. The van der Waals surface area contributed by atoms with E-state index in [4.69, 9.17) is 4.74 Å². The molecule has 1 aromatic heterocycles. The van der Waals surface area contributed by atoms with Crippen LogP contribution in [0.3, 0.4) is 0 Å². The second-order valence-corrected chi connectivity index (χ2v) is 8.68. The lowest BCUT2D eigenvalue weighted by Gasteiger charge is -2.32. The van der Waals surface area contributed by atoms with E-state index in [0.29, 0.717) is 6.61 Å². The third-order valence-electron chi connectivity index (χ3n) is 5.54. The summed E-state index contributed by atoms with van der Waals surface area (Å²) in [5.41, 5.74) is 5.27. The molecule has 0 spiro atoms. The van der Waals surface area contributed by atoms with Crippen molar-refractivity contribution >= 4 is 12.0 Å². The molecule has 0 amide bonds. The van der Waals surface area contributed by atoms with Gasteiger partial charge in [0.2, 0.25) is 0 Å². The molecule has 1 heterocycles. The number of aromatic nitrogens is 2. The number of ether oxygens (including phenoxy) is 1. The first-order valence-electron chi connectivity index (χ1n) is 10.9. The Hall–Kier alpha value is -2.23. The first kappa shape index (κ1) is 23.1. The van der Waals surface area contributed by atoms with Crippen LogP contribution < -0.4 is 0 Å². The Morgan fingerprint density at radius 3 is 2.66 bits per heavy atom. The van der Waals surface area contributed by atoms with E-state index in [-0.39, 0.29) is 11.1 Å². The summed E-state index contributed by atoms with van der Waals surface area (Å²) in [5, 5.41) is 0. The Kier molecular flexibility index (Phi) is 8.81. The topological polar surface area (TPSA) is 52.1 Å². The third kappa shape index (κ3) is 7.26. The zero-order valence-electron chi connectivity index (χ0n) is 18.8. The Morgan fingerprint density at radius 2 is 2.00 bits per heavy atom. The van der Waals surface area contributed by atoms with Gasteiger partial charge in [-0.2, -0.15) is 0 Å². The molecule has 0 N–H and O–H groups in total. The fraction of sp³-hybridized carbons (Fsp3) is 0.560. The maximum atomic E-state index is 12.0. The minimum atomic E-state index is -0.400. The number of carbonyl (C=O) groups excluding carboxylic acids is 1. The van der Waals surface area contributed by atoms with E-state index in [0.717, 1.165) is 30.5 Å². The largest absolute Gasteiger partial charge is 0.461 e. The minimum absolute atomic E-state index is 0.234. The number of allylic oxidation sites excluding steroid dienone is 5.